The highest BCUT2D eigenvalue weighted by Gasteiger charge is 2.15. The first-order chi connectivity index (χ1) is 12.5. The Morgan fingerprint density at radius 3 is 2.96 bits per heavy atom. The van der Waals surface area contributed by atoms with Gasteiger partial charge < -0.3 is 9.84 Å². The normalized spacial score (nSPS) is 12.2. The molecule has 0 aliphatic rings. The lowest BCUT2D eigenvalue weighted by Crippen LogP contribution is -2.33. The van der Waals surface area contributed by atoms with Gasteiger partial charge in [0.1, 0.15) is 17.0 Å². The van der Waals surface area contributed by atoms with Gasteiger partial charge in [0.2, 0.25) is 0 Å². The first-order valence-corrected chi connectivity index (χ1v) is 8.66. The molecule has 26 heavy (non-hydrogen) atoms. The minimum Gasteiger partial charge on any atom is -0.507 e. The highest BCUT2D eigenvalue weighted by atomic mass is 79.9. The molecular formula is C19H16BrN3O3. The Morgan fingerprint density at radius 2 is 2.12 bits per heavy atom. The van der Waals surface area contributed by atoms with Crippen molar-refractivity contribution in [1.82, 2.24) is 10.4 Å². The third-order valence-electron chi connectivity index (χ3n) is 3.64. The van der Waals surface area contributed by atoms with E-state index in [9.17, 15) is 9.90 Å². The summed E-state index contributed by atoms with van der Waals surface area (Å²) in [7, 11) is 0. The van der Waals surface area contributed by atoms with E-state index in [1.807, 2.05) is 24.3 Å². The monoisotopic (exact) mass is 413 g/mol. The third-order valence-corrected chi connectivity index (χ3v) is 4.13. The second-order valence-electron chi connectivity index (χ2n) is 5.53. The van der Waals surface area contributed by atoms with Gasteiger partial charge in [-0.1, -0.05) is 34.1 Å². The van der Waals surface area contributed by atoms with Gasteiger partial charge in [-0.3, -0.25) is 9.78 Å². The molecule has 1 amide bonds. The standard InChI is InChI=1S/C19H16BrN3O3/c1-12(26-17-6-2-4-13-5-3-9-21-18(13)17)19(25)23-22-11-14-10-15(20)7-8-16(14)24/h2-12,24H,1H3,(H,23,25)/b22-11-/t12-/m0/s1. The molecule has 0 saturated heterocycles. The van der Waals surface area contributed by atoms with Crippen LogP contribution < -0.4 is 10.2 Å². The number of hydrogen-bond acceptors (Lipinski definition) is 5. The van der Waals surface area contributed by atoms with Crippen molar-refractivity contribution in [3.8, 4) is 11.5 Å². The Balaban J connectivity index is 1.66. The number of aromatic hydroxyl groups is 1. The van der Waals surface area contributed by atoms with E-state index in [2.05, 4.69) is 31.4 Å². The summed E-state index contributed by atoms with van der Waals surface area (Å²) in [6.45, 7) is 1.63. The van der Waals surface area contributed by atoms with Gasteiger partial charge in [0.15, 0.2) is 6.10 Å². The summed E-state index contributed by atoms with van der Waals surface area (Å²) in [4.78, 5) is 16.5. The molecular weight excluding hydrogens is 398 g/mol. The van der Waals surface area contributed by atoms with E-state index in [4.69, 9.17) is 4.74 Å². The SMILES string of the molecule is C[C@H](Oc1cccc2cccnc12)C(=O)N/N=C\c1cc(Br)ccc1O. The number of pyridine rings is 1. The Kier molecular flexibility index (Phi) is 5.48. The molecule has 1 atom stereocenters. The van der Waals surface area contributed by atoms with Crippen LogP contribution in [0.25, 0.3) is 10.9 Å². The molecule has 0 aliphatic carbocycles. The summed E-state index contributed by atoms with van der Waals surface area (Å²) in [6.07, 6.45) is 2.27. The topological polar surface area (TPSA) is 83.8 Å². The summed E-state index contributed by atoms with van der Waals surface area (Å²) in [5.74, 6) is 0.181. The molecule has 2 aromatic carbocycles. The fraction of sp³-hybridized carbons (Fsp3) is 0.105. The van der Waals surface area contributed by atoms with Gasteiger partial charge in [0, 0.05) is 21.6 Å². The van der Waals surface area contributed by atoms with Gasteiger partial charge >= 0.3 is 0 Å². The number of halogens is 1. The number of phenolic OH excluding ortho intramolecular Hbond substituents is 1. The van der Waals surface area contributed by atoms with Crippen molar-refractivity contribution >= 4 is 39.0 Å². The van der Waals surface area contributed by atoms with Crippen LogP contribution in [0.3, 0.4) is 0 Å². The van der Waals surface area contributed by atoms with E-state index in [1.54, 1.807) is 31.3 Å². The van der Waals surface area contributed by atoms with E-state index in [-0.39, 0.29) is 5.75 Å². The number of nitrogens with one attached hydrogen (secondary N) is 1. The number of fused-ring (bicyclic) bond motifs is 1. The van der Waals surface area contributed by atoms with E-state index in [0.29, 0.717) is 16.8 Å². The maximum Gasteiger partial charge on any atom is 0.280 e. The Bertz CT molecular complexity index is 970. The van der Waals surface area contributed by atoms with Crippen LogP contribution in [0.1, 0.15) is 12.5 Å². The van der Waals surface area contributed by atoms with Crippen LogP contribution in [0.4, 0.5) is 0 Å². The zero-order chi connectivity index (χ0) is 18.5. The van der Waals surface area contributed by atoms with E-state index >= 15 is 0 Å². The van der Waals surface area contributed by atoms with Gasteiger partial charge in [-0.05, 0) is 37.3 Å². The molecule has 0 bridgehead atoms. The molecule has 0 saturated carbocycles. The molecule has 132 valence electrons. The van der Waals surface area contributed by atoms with Crippen molar-refractivity contribution < 1.29 is 14.6 Å². The number of aromatic nitrogens is 1. The number of hydrazone groups is 1. The number of amides is 1. The lowest BCUT2D eigenvalue weighted by molar-refractivity contribution is -0.127. The van der Waals surface area contributed by atoms with Crippen LogP contribution in [0.15, 0.2) is 64.3 Å². The van der Waals surface area contributed by atoms with Gasteiger partial charge in [0.05, 0.1) is 6.21 Å². The number of phenols is 1. The van der Waals surface area contributed by atoms with Gasteiger partial charge in [0.25, 0.3) is 5.91 Å². The highest BCUT2D eigenvalue weighted by molar-refractivity contribution is 9.10. The average molecular weight is 414 g/mol. The van der Waals surface area contributed by atoms with Crippen LogP contribution >= 0.6 is 15.9 Å². The number of carbonyl (C=O) groups is 1. The second kappa shape index (κ2) is 7.97. The van der Waals surface area contributed by atoms with Crippen molar-refractivity contribution in [3.63, 3.8) is 0 Å². The van der Waals surface area contributed by atoms with Crippen LogP contribution in [-0.2, 0) is 4.79 Å². The first-order valence-electron chi connectivity index (χ1n) is 7.86. The number of hydrogen-bond donors (Lipinski definition) is 2. The van der Waals surface area contributed by atoms with Gasteiger partial charge in [-0.25, -0.2) is 5.43 Å². The fourth-order valence-electron chi connectivity index (χ4n) is 2.30. The first kappa shape index (κ1) is 17.9. The summed E-state index contributed by atoms with van der Waals surface area (Å²) in [5.41, 5.74) is 3.57. The Hall–Kier alpha value is -2.93. The van der Waals surface area contributed by atoms with E-state index < -0.39 is 12.0 Å². The maximum absolute atomic E-state index is 12.2. The molecule has 3 aromatic rings. The molecule has 7 heteroatoms. The van der Waals surface area contributed by atoms with Crippen molar-refractivity contribution in [2.24, 2.45) is 5.10 Å². The number of para-hydroxylation sites is 1. The quantitative estimate of drug-likeness (QED) is 0.494. The zero-order valence-corrected chi connectivity index (χ0v) is 15.5. The summed E-state index contributed by atoms with van der Waals surface area (Å²) in [5, 5.41) is 14.5. The second-order valence-corrected chi connectivity index (χ2v) is 6.44. The summed E-state index contributed by atoms with van der Waals surface area (Å²) >= 11 is 3.31. The van der Waals surface area contributed by atoms with Crippen LogP contribution in [0, 0.1) is 0 Å². The van der Waals surface area contributed by atoms with Crippen molar-refractivity contribution in [1.29, 1.82) is 0 Å². The van der Waals surface area contributed by atoms with Gasteiger partial charge in [-0.2, -0.15) is 5.10 Å². The van der Waals surface area contributed by atoms with Crippen molar-refractivity contribution in [3.05, 3.63) is 64.8 Å². The van der Waals surface area contributed by atoms with Crippen LogP contribution in [0.2, 0.25) is 0 Å². The molecule has 1 aromatic heterocycles. The molecule has 0 aliphatic heterocycles. The number of rotatable bonds is 5. The molecule has 6 nitrogen and oxygen atoms in total. The smallest absolute Gasteiger partial charge is 0.280 e. The molecule has 0 radical (unpaired) electrons. The predicted octanol–water partition coefficient (Wildman–Crippen LogP) is 3.62. The molecule has 1 heterocycles. The fourth-order valence-corrected chi connectivity index (χ4v) is 2.68. The lowest BCUT2D eigenvalue weighted by atomic mass is 10.2. The minimum absolute atomic E-state index is 0.0670. The highest BCUT2D eigenvalue weighted by Crippen LogP contribution is 2.24. The number of nitrogens with zero attached hydrogens (tertiary/aromatic N) is 2. The number of carbonyl (C=O) groups excluding carboxylic acids is 1. The maximum atomic E-state index is 12.2. The summed E-state index contributed by atoms with van der Waals surface area (Å²) in [6, 6.07) is 14.2. The Labute approximate surface area is 158 Å². The van der Waals surface area contributed by atoms with Gasteiger partial charge in [-0.15, -0.1) is 0 Å². The van der Waals surface area contributed by atoms with Crippen LogP contribution in [0.5, 0.6) is 11.5 Å². The Morgan fingerprint density at radius 1 is 1.31 bits per heavy atom. The van der Waals surface area contributed by atoms with E-state index in [0.717, 1.165) is 9.86 Å². The molecule has 2 N–H and O–H groups in total. The molecule has 0 spiro atoms. The van der Waals surface area contributed by atoms with Crippen molar-refractivity contribution in [2.75, 3.05) is 0 Å². The minimum atomic E-state index is -0.768. The largest absolute Gasteiger partial charge is 0.507 e. The van der Waals surface area contributed by atoms with Crippen molar-refractivity contribution in [2.45, 2.75) is 13.0 Å². The molecule has 0 fully saturated rings. The third kappa shape index (κ3) is 4.18. The molecule has 0 unspecified atom stereocenters. The zero-order valence-electron chi connectivity index (χ0n) is 13.9. The number of benzene rings is 2. The lowest BCUT2D eigenvalue weighted by Gasteiger charge is -2.14. The molecule has 3 rings (SSSR count). The van der Waals surface area contributed by atoms with Crippen LogP contribution in [-0.4, -0.2) is 28.3 Å². The number of ether oxygens (including phenoxy) is 1. The van der Waals surface area contributed by atoms with E-state index in [1.165, 1.54) is 12.3 Å². The summed E-state index contributed by atoms with van der Waals surface area (Å²) < 4.78 is 6.52. The average Bonchev–Trinajstić information content (AvgIpc) is 2.64. The predicted molar refractivity (Wildman–Crippen MR) is 103 cm³/mol.